The lowest BCUT2D eigenvalue weighted by atomic mass is 10.00. The minimum absolute atomic E-state index is 0.388. The highest BCUT2D eigenvalue weighted by molar-refractivity contribution is 6.19. The molecule has 24 heavy (non-hydrogen) atoms. The molecule has 0 radical (unpaired) electrons. The summed E-state index contributed by atoms with van der Waals surface area (Å²) in [5.74, 6) is -0.0410. The molecule has 0 aliphatic carbocycles. The molecule has 0 spiro atoms. The molecular weight excluding hydrogens is 306 g/mol. The molecule has 1 unspecified atom stereocenters. The van der Waals surface area contributed by atoms with Gasteiger partial charge in [0.2, 0.25) is 0 Å². The molecule has 3 rings (SSSR count). The molecule has 0 bridgehead atoms. The van der Waals surface area contributed by atoms with E-state index in [1.807, 2.05) is 32.0 Å². The van der Waals surface area contributed by atoms with Gasteiger partial charge >= 0.3 is 0 Å². The molecule has 1 aromatic heterocycles. The lowest BCUT2D eigenvalue weighted by Gasteiger charge is -2.39. The third kappa shape index (κ3) is 2.60. The Kier molecular flexibility index (Phi) is 3.97. The van der Waals surface area contributed by atoms with E-state index in [1.54, 1.807) is 29.2 Å². The van der Waals surface area contributed by atoms with E-state index in [-0.39, 0.29) is 0 Å². The standard InChI is InChI=1S/C18H19N3O3/c1-4-21-13-9-5-6-10-14(13)24-18(3,17(21)23)16(22)20-15-11-7-8-12(2)19-15/h5-11H,4H2,1-3H3,(H,19,20,22). The monoisotopic (exact) mass is 325 g/mol. The van der Waals surface area contributed by atoms with Gasteiger partial charge in [0.15, 0.2) is 0 Å². The molecule has 0 saturated heterocycles. The molecule has 1 atom stereocenters. The minimum atomic E-state index is -1.64. The first-order valence-corrected chi connectivity index (χ1v) is 7.81. The number of benzene rings is 1. The van der Waals surface area contributed by atoms with Crippen molar-refractivity contribution in [2.45, 2.75) is 26.4 Å². The molecule has 6 nitrogen and oxygen atoms in total. The molecule has 6 heteroatoms. The van der Waals surface area contributed by atoms with Crippen LogP contribution in [0.2, 0.25) is 0 Å². The first-order valence-electron chi connectivity index (χ1n) is 7.81. The number of carbonyl (C=O) groups is 2. The van der Waals surface area contributed by atoms with Crippen LogP contribution in [0.3, 0.4) is 0 Å². The summed E-state index contributed by atoms with van der Waals surface area (Å²) in [6.07, 6.45) is 0. The fourth-order valence-corrected chi connectivity index (χ4v) is 2.70. The quantitative estimate of drug-likeness (QED) is 0.880. The second-order valence-corrected chi connectivity index (χ2v) is 5.77. The molecule has 0 fully saturated rings. The zero-order chi connectivity index (χ0) is 17.3. The van der Waals surface area contributed by atoms with E-state index in [9.17, 15) is 9.59 Å². The normalized spacial score (nSPS) is 19.5. The fourth-order valence-electron chi connectivity index (χ4n) is 2.70. The average molecular weight is 325 g/mol. The Morgan fingerprint density at radius 2 is 2.00 bits per heavy atom. The third-order valence-electron chi connectivity index (χ3n) is 4.00. The SMILES string of the molecule is CCN1C(=O)C(C)(C(=O)Nc2cccc(C)n2)Oc2ccccc21. The van der Waals surface area contributed by atoms with Crippen molar-refractivity contribution in [1.29, 1.82) is 0 Å². The van der Waals surface area contributed by atoms with Gasteiger partial charge in [-0.25, -0.2) is 4.98 Å². The van der Waals surface area contributed by atoms with Crippen molar-refractivity contribution in [2.75, 3.05) is 16.8 Å². The van der Waals surface area contributed by atoms with Gasteiger partial charge in [0.25, 0.3) is 17.4 Å². The molecular formula is C18H19N3O3. The number of hydrogen-bond acceptors (Lipinski definition) is 4. The van der Waals surface area contributed by atoms with Crippen LogP contribution in [0.5, 0.6) is 5.75 Å². The number of anilines is 2. The van der Waals surface area contributed by atoms with Crippen LogP contribution in [0.15, 0.2) is 42.5 Å². The molecule has 124 valence electrons. The number of hydrogen-bond donors (Lipinski definition) is 1. The van der Waals surface area contributed by atoms with Gasteiger partial charge in [-0.05, 0) is 45.0 Å². The van der Waals surface area contributed by atoms with Crippen LogP contribution >= 0.6 is 0 Å². The van der Waals surface area contributed by atoms with Crippen LogP contribution in [0.1, 0.15) is 19.5 Å². The zero-order valence-corrected chi connectivity index (χ0v) is 13.9. The number of fused-ring (bicyclic) bond motifs is 1. The molecule has 1 aliphatic heterocycles. The van der Waals surface area contributed by atoms with Crippen molar-refractivity contribution < 1.29 is 14.3 Å². The zero-order valence-electron chi connectivity index (χ0n) is 13.9. The Morgan fingerprint density at radius 1 is 1.25 bits per heavy atom. The van der Waals surface area contributed by atoms with Crippen molar-refractivity contribution >= 4 is 23.3 Å². The van der Waals surface area contributed by atoms with Crippen LogP contribution in [-0.4, -0.2) is 28.9 Å². The highest BCUT2D eigenvalue weighted by Gasteiger charge is 2.50. The number of rotatable bonds is 3. The van der Waals surface area contributed by atoms with E-state index in [0.717, 1.165) is 5.69 Å². The molecule has 1 aliphatic rings. The first-order chi connectivity index (χ1) is 11.5. The second kappa shape index (κ2) is 5.96. The van der Waals surface area contributed by atoms with Gasteiger partial charge in [0.05, 0.1) is 5.69 Å². The Bertz CT molecular complexity index is 806. The van der Waals surface area contributed by atoms with Crippen molar-refractivity contribution in [3.63, 3.8) is 0 Å². The van der Waals surface area contributed by atoms with Gasteiger partial charge in [-0.3, -0.25) is 9.59 Å². The van der Waals surface area contributed by atoms with Crippen LogP contribution < -0.4 is 15.0 Å². The number of nitrogens with one attached hydrogen (secondary N) is 1. The Hall–Kier alpha value is -2.89. The van der Waals surface area contributed by atoms with Crippen LogP contribution in [0, 0.1) is 6.92 Å². The van der Waals surface area contributed by atoms with E-state index in [1.165, 1.54) is 6.92 Å². The van der Waals surface area contributed by atoms with Gasteiger partial charge in [-0.2, -0.15) is 0 Å². The van der Waals surface area contributed by atoms with E-state index in [2.05, 4.69) is 10.3 Å². The maximum Gasteiger partial charge on any atom is 0.280 e. The van der Waals surface area contributed by atoms with Gasteiger partial charge in [0.1, 0.15) is 11.6 Å². The number of likely N-dealkylation sites (N-methyl/N-ethyl adjacent to an activating group) is 1. The lowest BCUT2D eigenvalue weighted by Crippen LogP contribution is -2.60. The van der Waals surface area contributed by atoms with Crippen molar-refractivity contribution in [2.24, 2.45) is 0 Å². The lowest BCUT2D eigenvalue weighted by molar-refractivity contribution is -0.145. The molecule has 1 aromatic carbocycles. The summed E-state index contributed by atoms with van der Waals surface area (Å²) in [6.45, 7) is 5.62. The molecule has 2 heterocycles. The Morgan fingerprint density at radius 3 is 2.71 bits per heavy atom. The van der Waals surface area contributed by atoms with E-state index >= 15 is 0 Å². The van der Waals surface area contributed by atoms with E-state index in [4.69, 9.17) is 4.74 Å². The third-order valence-corrected chi connectivity index (χ3v) is 4.00. The summed E-state index contributed by atoms with van der Waals surface area (Å²) >= 11 is 0. The number of pyridine rings is 1. The summed E-state index contributed by atoms with van der Waals surface area (Å²) in [5.41, 5.74) is -0.200. The minimum Gasteiger partial charge on any atom is -0.465 e. The number of aryl methyl sites for hydroxylation is 1. The maximum atomic E-state index is 12.9. The Balaban J connectivity index is 1.94. The largest absolute Gasteiger partial charge is 0.465 e. The van der Waals surface area contributed by atoms with Gasteiger partial charge < -0.3 is 15.0 Å². The topological polar surface area (TPSA) is 71.5 Å². The first kappa shape index (κ1) is 16.0. The van der Waals surface area contributed by atoms with Crippen molar-refractivity contribution in [3.8, 4) is 5.75 Å². The number of amides is 2. The van der Waals surface area contributed by atoms with E-state index in [0.29, 0.717) is 23.8 Å². The van der Waals surface area contributed by atoms with Crippen LogP contribution in [0.25, 0.3) is 0 Å². The smallest absolute Gasteiger partial charge is 0.280 e. The molecule has 2 amide bonds. The van der Waals surface area contributed by atoms with Crippen LogP contribution in [-0.2, 0) is 9.59 Å². The molecule has 2 aromatic rings. The number of carbonyl (C=O) groups excluding carboxylic acids is 2. The average Bonchev–Trinajstić information content (AvgIpc) is 2.56. The Labute approximate surface area is 140 Å². The number of aromatic nitrogens is 1. The van der Waals surface area contributed by atoms with Gasteiger partial charge in [-0.15, -0.1) is 0 Å². The molecule has 0 saturated carbocycles. The van der Waals surface area contributed by atoms with Crippen molar-refractivity contribution in [3.05, 3.63) is 48.2 Å². The summed E-state index contributed by atoms with van der Waals surface area (Å²) in [6, 6.07) is 12.5. The number of ether oxygens (including phenoxy) is 1. The summed E-state index contributed by atoms with van der Waals surface area (Å²) < 4.78 is 5.80. The predicted octanol–water partition coefficient (Wildman–Crippen LogP) is 2.53. The van der Waals surface area contributed by atoms with Crippen molar-refractivity contribution in [1.82, 2.24) is 4.98 Å². The number of para-hydroxylation sites is 2. The fraction of sp³-hybridized carbons (Fsp3) is 0.278. The number of nitrogens with zero attached hydrogens (tertiary/aromatic N) is 2. The predicted molar refractivity (Wildman–Crippen MR) is 91.1 cm³/mol. The summed E-state index contributed by atoms with van der Waals surface area (Å²) in [4.78, 5) is 31.4. The van der Waals surface area contributed by atoms with E-state index < -0.39 is 17.4 Å². The summed E-state index contributed by atoms with van der Waals surface area (Å²) in [7, 11) is 0. The van der Waals surface area contributed by atoms with Gasteiger partial charge in [-0.1, -0.05) is 18.2 Å². The van der Waals surface area contributed by atoms with Crippen LogP contribution in [0.4, 0.5) is 11.5 Å². The maximum absolute atomic E-state index is 12.9. The second-order valence-electron chi connectivity index (χ2n) is 5.77. The highest BCUT2D eigenvalue weighted by atomic mass is 16.5. The highest BCUT2D eigenvalue weighted by Crippen LogP contribution is 2.37. The summed E-state index contributed by atoms with van der Waals surface area (Å²) in [5, 5.41) is 2.68. The van der Waals surface area contributed by atoms with Gasteiger partial charge in [0, 0.05) is 12.2 Å². The molecule has 1 N–H and O–H groups in total.